The first kappa shape index (κ1) is 47.4. The van der Waals surface area contributed by atoms with Crippen molar-refractivity contribution in [3.8, 4) is 22.5 Å². The zero-order chi connectivity index (χ0) is 49.8. The largest absolute Gasteiger partial charge is 0.383 e. The van der Waals surface area contributed by atoms with Crippen molar-refractivity contribution in [2.75, 3.05) is 48.3 Å². The predicted molar refractivity (Wildman–Crippen MR) is 272 cm³/mol. The fraction of sp³-hybridized carbons (Fsp3) is 0.240. The van der Waals surface area contributed by atoms with Crippen molar-refractivity contribution < 1.29 is 19.2 Å². The molecule has 0 aliphatic carbocycles. The molecule has 10 rings (SSSR count). The number of pyridine rings is 1. The number of likely N-dealkylation sites (tertiary alicyclic amines) is 2. The summed E-state index contributed by atoms with van der Waals surface area (Å²) in [5.41, 5.74) is 18.7. The molecule has 21 heteroatoms. The second-order valence-corrected chi connectivity index (χ2v) is 18.3. The zero-order valence-electron chi connectivity index (χ0n) is 39.0. The molecule has 360 valence electrons. The van der Waals surface area contributed by atoms with Crippen LogP contribution in [0.4, 0.5) is 22.6 Å². The minimum Gasteiger partial charge on any atom is -0.383 e. The van der Waals surface area contributed by atoms with Crippen molar-refractivity contribution in [1.82, 2.24) is 59.3 Å². The molecule has 0 spiro atoms. The van der Waals surface area contributed by atoms with E-state index in [9.17, 15) is 19.2 Å². The van der Waals surface area contributed by atoms with Crippen LogP contribution in [0.3, 0.4) is 0 Å². The monoisotopic (exact) mass is 970 g/mol. The number of nitrogens with two attached hydrogens (primary N) is 2. The number of aryl methyl sites for hydroxylation is 2. The Kier molecular flexibility index (Phi) is 13.7. The summed E-state index contributed by atoms with van der Waals surface area (Å²) >= 11 is 1.42. The van der Waals surface area contributed by atoms with Gasteiger partial charge in [0, 0.05) is 65.7 Å². The quantitative estimate of drug-likeness (QED) is 0.103. The van der Waals surface area contributed by atoms with Gasteiger partial charge in [0.1, 0.15) is 41.5 Å². The Balaban J connectivity index is 0.000000176. The van der Waals surface area contributed by atoms with E-state index in [2.05, 4.69) is 53.7 Å². The molecule has 0 unspecified atom stereocenters. The Morgan fingerprint density at radius 1 is 0.634 bits per heavy atom. The summed E-state index contributed by atoms with van der Waals surface area (Å²) in [6, 6.07) is 18.1. The van der Waals surface area contributed by atoms with Gasteiger partial charge in [0.05, 0.1) is 22.9 Å². The first-order valence-electron chi connectivity index (χ1n) is 22.9. The molecule has 2 aliphatic heterocycles. The summed E-state index contributed by atoms with van der Waals surface area (Å²) in [6.07, 6.45) is 11.9. The number of carbonyl (C=O) groups is 4. The summed E-state index contributed by atoms with van der Waals surface area (Å²) in [6.45, 7) is 13.5. The second-order valence-electron chi connectivity index (χ2n) is 17.1. The lowest BCUT2D eigenvalue weighted by Crippen LogP contribution is -2.38. The van der Waals surface area contributed by atoms with Crippen LogP contribution in [0.1, 0.15) is 68.9 Å². The molecular weight excluding hydrogens is 921 g/mol. The number of nitrogen functional groups attached to an aromatic ring is 2. The molecule has 0 bridgehead atoms. The van der Waals surface area contributed by atoms with Crippen LogP contribution in [0.15, 0.2) is 111 Å². The number of hydrogen-bond donors (Lipinski definition) is 4. The molecule has 8 aromatic rings. The van der Waals surface area contributed by atoms with E-state index in [1.807, 2.05) is 59.6 Å². The van der Waals surface area contributed by atoms with Crippen LogP contribution in [0, 0.1) is 13.8 Å². The molecular formula is C50H50N16O4S. The van der Waals surface area contributed by atoms with E-state index >= 15 is 0 Å². The molecule has 6 N–H and O–H groups in total. The molecule has 2 aromatic carbocycles. The molecule has 0 saturated carbocycles. The van der Waals surface area contributed by atoms with Gasteiger partial charge >= 0.3 is 0 Å². The lowest BCUT2D eigenvalue weighted by molar-refractivity contribution is -0.128. The molecule has 0 atom stereocenters. The number of anilines is 4. The molecule has 2 fully saturated rings. The Labute approximate surface area is 411 Å². The van der Waals surface area contributed by atoms with Crippen LogP contribution in [-0.2, 0) is 9.59 Å². The van der Waals surface area contributed by atoms with Crippen LogP contribution in [0.25, 0.3) is 44.6 Å². The highest BCUT2D eigenvalue weighted by atomic mass is 32.1. The van der Waals surface area contributed by atoms with E-state index in [4.69, 9.17) is 21.7 Å². The highest BCUT2D eigenvalue weighted by Crippen LogP contribution is 2.36. The number of piperidine rings is 2. The van der Waals surface area contributed by atoms with Crippen LogP contribution >= 0.6 is 11.3 Å². The smallest absolute Gasteiger partial charge is 0.257 e. The summed E-state index contributed by atoms with van der Waals surface area (Å²) in [5.74, 6) is 0.580. The van der Waals surface area contributed by atoms with E-state index in [-0.39, 0.29) is 35.7 Å². The number of benzene rings is 2. The molecule has 71 heavy (non-hydrogen) atoms. The second kappa shape index (κ2) is 20.5. The van der Waals surface area contributed by atoms with E-state index in [0.717, 1.165) is 47.3 Å². The predicted octanol–water partition coefficient (Wildman–Crippen LogP) is 6.82. The van der Waals surface area contributed by atoms with Gasteiger partial charge in [-0.2, -0.15) is 10.2 Å². The summed E-state index contributed by atoms with van der Waals surface area (Å²) in [5, 5.41) is 17.3. The number of hydrogen-bond acceptors (Lipinski definition) is 15. The van der Waals surface area contributed by atoms with Gasteiger partial charge in [0.25, 0.3) is 11.8 Å². The van der Waals surface area contributed by atoms with Crippen LogP contribution in [0.5, 0.6) is 0 Å². The number of aromatic nitrogens is 10. The summed E-state index contributed by atoms with van der Waals surface area (Å²) in [7, 11) is 0. The van der Waals surface area contributed by atoms with Gasteiger partial charge in [0.15, 0.2) is 16.4 Å². The number of amides is 4. The Bertz CT molecular complexity index is 3310. The van der Waals surface area contributed by atoms with Gasteiger partial charge in [-0.05, 0) is 93.6 Å². The normalized spacial score (nSPS) is 14.2. The number of fused-ring (bicyclic) bond motifs is 2. The Morgan fingerprint density at radius 2 is 1.10 bits per heavy atom. The van der Waals surface area contributed by atoms with Gasteiger partial charge in [0.2, 0.25) is 11.8 Å². The maximum absolute atomic E-state index is 12.7. The average Bonchev–Trinajstić information content (AvgIpc) is 4.12. The van der Waals surface area contributed by atoms with Crippen LogP contribution in [-0.4, -0.2) is 109 Å². The van der Waals surface area contributed by atoms with E-state index < -0.39 is 0 Å². The minimum absolute atomic E-state index is 0.0600. The van der Waals surface area contributed by atoms with Gasteiger partial charge in [-0.1, -0.05) is 37.4 Å². The Hall–Kier alpha value is -8.72. The molecule has 0 radical (unpaired) electrons. The van der Waals surface area contributed by atoms with Gasteiger partial charge < -0.3 is 26.6 Å². The first-order chi connectivity index (χ1) is 34.4. The van der Waals surface area contributed by atoms with Crippen molar-refractivity contribution in [2.24, 2.45) is 0 Å². The Morgan fingerprint density at radius 3 is 1.52 bits per heavy atom. The topological polar surface area (TPSA) is 264 Å². The molecule has 6 aromatic heterocycles. The standard InChI is InChI=1S/C26H26N8O2.C24H24N8O2S/c1-3-21(35)33-12-9-19(10-13-33)34-25-22(24(27)29-15-30-25)23(32-34)17-4-6-18(7-5-17)26(36)31-20-14-16(2)8-11-28-20;1-3-18(33)31-10-8-17(9-11-31)32-22-19(21(25)27-13-28-22)20(30-32)15-4-6-16(7-5-15)23(34)29-24-26-12-14(2)35-24/h3-8,11,14-15,19H,1,9-10,12-13H2,2H3,(H2,27,29,30)(H,28,31,36);3-7,12-13,17H,1,8-11H2,2H3,(H2,25,27,28)(H,26,29,34). The van der Waals surface area contributed by atoms with Gasteiger partial charge in [-0.3, -0.25) is 24.5 Å². The highest BCUT2D eigenvalue weighted by molar-refractivity contribution is 7.15. The third-order valence-electron chi connectivity index (χ3n) is 12.5. The number of nitrogens with zero attached hydrogens (tertiary/aromatic N) is 12. The van der Waals surface area contributed by atoms with E-state index in [1.165, 1.54) is 36.1 Å². The van der Waals surface area contributed by atoms with Crippen molar-refractivity contribution >= 4 is 79.6 Å². The minimum atomic E-state index is -0.251. The number of thiazole rings is 1. The fourth-order valence-electron chi connectivity index (χ4n) is 8.76. The number of nitrogens with one attached hydrogen (secondary N) is 2. The third kappa shape index (κ3) is 10.1. The highest BCUT2D eigenvalue weighted by Gasteiger charge is 2.29. The first-order valence-corrected chi connectivity index (χ1v) is 23.7. The van der Waals surface area contributed by atoms with Crippen molar-refractivity contribution in [2.45, 2.75) is 51.6 Å². The summed E-state index contributed by atoms with van der Waals surface area (Å²) < 4.78 is 3.78. The van der Waals surface area contributed by atoms with Crippen LogP contribution in [0.2, 0.25) is 0 Å². The molecule has 2 aliphatic rings. The maximum atomic E-state index is 12.7. The average molecular weight is 971 g/mol. The third-order valence-corrected chi connectivity index (χ3v) is 13.3. The maximum Gasteiger partial charge on any atom is 0.257 e. The molecule has 8 heterocycles. The van der Waals surface area contributed by atoms with Crippen molar-refractivity contribution in [3.05, 3.63) is 133 Å². The lowest BCUT2D eigenvalue weighted by atomic mass is 10.0. The lowest BCUT2D eigenvalue weighted by Gasteiger charge is -2.31. The van der Waals surface area contributed by atoms with Gasteiger partial charge in [-0.25, -0.2) is 39.3 Å². The SMILES string of the molecule is C=CC(=O)N1CCC(n2nc(-c3ccc(C(=O)Nc4cc(C)ccn4)cc3)c3c(N)ncnc32)CC1.C=CC(=O)N1CCC(n2nc(-c3ccc(C(=O)Nc4ncc(C)s4)cc3)c3c(N)ncnc32)CC1. The molecule has 20 nitrogen and oxygen atoms in total. The molecule has 4 amide bonds. The number of rotatable bonds is 10. The molecule has 2 saturated heterocycles. The van der Waals surface area contributed by atoms with Gasteiger partial charge in [-0.15, -0.1) is 11.3 Å². The van der Waals surface area contributed by atoms with E-state index in [1.54, 1.807) is 46.5 Å². The number of carbonyl (C=O) groups excluding carboxylic acids is 4. The van der Waals surface area contributed by atoms with E-state index in [0.29, 0.717) is 93.3 Å². The fourth-order valence-corrected chi connectivity index (χ4v) is 9.42. The van der Waals surface area contributed by atoms with Crippen molar-refractivity contribution in [3.63, 3.8) is 0 Å². The summed E-state index contributed by atoms with van der Waals surface area (Å²) in [4.78, 5) is 79.5. The zero-order valence-corrected chi connectivity index (χ0v) is 39.8. The van der Waals surface area contributed by atoms with Crippen molar-refractivity contribution in [1.29, 1.82) is 0 Å². The van der Waals surface area contributed by atoms with Crippen LogP contribution < -0.4 is 22.1 Å².